The molecule has 2 N–H and O–H groups in total. The molecule has 0 bridgehead atoms. The molecular formula is C11H25N. The lowest BCUT2D eigenvalue weighted by Crippen LogP contribution is -2.16. The van der Waals surface area contributed by atoms with Gasteiger partial charge in [-0.2, -0.15) is 0 Å². The highest BCUT2D eigenvalue weighted by atomic mass is 14.6. The van der Waals surface area contributed by atoms with E-state index >= 15 is 0 Å². The average molecular weight is 171 g/mol. The molecule has 0 aliphatic rings. The van der Waals surface area contributed by atoms with Crippen LogP contribution in [-0.2, 0) is 0 Å². The Balaban J connectivity index is 3.48. The average Bonchev–Trinajstić information content (AvgIpc) is 2.01. The van der Waals surface area contributed by atoms with Crippen LogP contribution < -0.4 is 5.73 Å². The lowest BCUT2D eigenvalue weighted by atomic mass is 9.92. The van der Waals surface area contributed by atoms with Gasteiger partial charge in [-0.3, -0.25) is 0 Å². The van der Waals surface area contributed by atoms with Crippen molar-refractivity contribution in [3.05, 3.63) is 0 Å². The van der Waals surface area contributed by atoms with Crippen LogP contribution in [0, 0.1) is 5.92 Å². The molecule has 0 aliphatic carbocycles. The highest BCUT2D eigenvalue weighted by Gasteiger charge is 2.07. The summed E-state index contributed by atoms with van der Waals surface area (Å²) in [5, 5.41) is 0. The summed E-state index contributed by atoms with van der Waals surface area (Å²) in [7, 11) is 0. The maximum absolute atomic E-state index is 5.73. The minimum atomic E-state index is 0.390. The summed E-state index contributed by atoms with van der Waals surface area (Å²) in [4.78, 5) is 0. The molecule has 1 heteroatoms. The Morgan fingerprint density at radius 1 is 0.917 bits per heavy atom. The lowest BCUT2D eigenvalue weighted by molar-refractivity contribution is 0.387. The van der Waals surface area contributed by atoms with E-state index in [2.05, 4.69) is 20.8 Å². The van der Waals surface area contributed by atoms with Crippen LogP contribution >= 0.6 is 0 Å². The van der Waals surface area contributed by atoms with Crippen LogP contribution in [-0.4, -0.2) is 6.04 Å². The smallest absolute Gasteiger partial charge is 0.00105 e. The SMILES string of the molecule is CCCC(CCC)CC[C@@H](C)N. The van der Waals surface area contributed by atoms with Gasteiger partial charge in [0.25, 0.3) is 0 Å². The fourth-order valence-electron chi connectivity index (χ4n) is 1.75. The second-order valence-electron chi connectivity index (χ2n) is 4.00. The molecule has 1 atom stereocenters. The summed E-state index contributed by atoms with van der Waals surface area (Å²) >= 11 is 0. The number of hydrogen-bond donors (Lipinski definition) is 1. The molecule has 1 nitrogen and oxygen atoms in total. The van der Waals surface area contributed by atoms with E-state index in [1.165, 1.54) is 38.5 Å². The molecule has 0 amide bonds. The van der Waals surface area contributed by atoms with Crippen LogP contribution in [0.5, 0.6) is 0 Å². The van der Waals surface area contributed by atoms with Gasteiger partial charge in [0, 0.05) is 6.04 Å². The minimum Gasteiger partial charge on any atom is -0.328 e. The zero-order valence-electron chi connectivity index (χ0n) is 8.97. The third-order valence-corrected chi connectivity index (χ3v) is 2.42. The van der Waals surface area contributed by atoms with Crippen molar-refractivity contribution < 1.29 is 0 Å². The van der Waals surface area contributed by atoms with Crippen molar-refractivity contribution >= 4 is 0 Å². The van der Waals surface area contributed by atoms with Crippen LogP contribution in [0.4, 0.5) is 0 Å². The Hall–Kier alpha value is -0.0400. The predicted octanol–water partition coefficient (Wildman–Crippen LogP) is 3.33. The van der Waals surface area contributed by atoms with Crippen molar-refractivity contribution in [3.8, 4) is 0 Å². The Morgan fingerprint density at radius 2 is 1.42 bits per heavy atom. The van der Waals surface area contributed by atoms with E-state index in [4.69, 9.17) is 5.73 Å². The summed E-state index contributed by atoms with van der Waals surface area (Å²) in [5.74, 6) is 0.936. The van der Waals surface area contributed by atoms with Crippen molar-refractivity contribution in [1.29, 1.82) is 0 Å². The van der Waals surface area contributed by atoms with Crippen molar-refractivity contribution in [3.63, 3.8) is 0 Å². The third kappa shape index (κ3) is 6.66. The van der Waals surface area contributed by atoms with Gasteiger partial charge in [0.15, 0.2) is 0 Å². The van der Waals surface area contributed by atoms with Crippen molar-refractivity contribution in [1.82, 2.24) is 0 Å². The second kappa shape index (κ2) is 7.60. The van der Waals surface area contributed by atoms with Gasteiger partial charge in [-0.15, -0.1) is 0 Å². The van der Waals surface area contributed by atoms with Gasteiger partial charge in [-0.1, -0.05) is 39.5 Å². The Labute approximate surface area is 77.7 Å². The Morgan fingerprint density at radius 3 is 1.75 bits per heavy atom. The van der Waals surface area contributed by atoms with Crippen LogP contribution in [0.1, 0.15) is 59.3 Å². The van der Waals surface area contributed by atoms with E-state index in [-0.39, 0.29) is 0 Å². The van der Waals surface area contributed by atoms with Gasteiger partial charge < -0.3 is 5.73 Å². The topological polar surface area (TPSA) is 26.0 Å². The van der Waals surface area contributed by atoms with Gasteiger partial charge in [0.05, 0.1) is 0 Å². The minimum absolute atomic E-state index is 0.390. The molecule has 0 aromatic rings. The maximum atomic E-state index is 5.73. The van der Waals surface area contributed by atoms with Crippen molar-refractivity contribution in [2.75, 3.05) is 0 Å². The number of rotatable bonds is 7. The lowest BCUT2D eigenvalue weighted by Gasteiger charge is -2.15. The fraction of sp³-hybridized carbons (Fsp3) is 1.00. The quantitative estimate of drug-likeness (QED) is 0.624. The summed E-state index contributed by atoms with van der Waals surface area (Å²) < 4.78 is 0. The van der Waals surface area contributed by atoms with Crippen LogP contribution in [0.3, 0.4) is 0 Å². The first-order valence-corrected chi connectivity index (χ1v) is 5.46. The van der Waals surface area contributed by atoms with Gasteiger partial charge >= 0.3 is 0 Å². The van der Waals surface area contributed by atoms with E-state index in [0.717, 1.165) is 5.92 Å². The van der Waals surface area contributed by atoms with Gasteiger partial charge in [0.1, 0.15) is 0 Å². The molecule has 0 spiro atoms. The van der Waals surface area contributed by atoms with Crippen LogP contribution in [0.2, 0.25) is 0 Å². The van der Waals surface area contributed by atoms with Crippen molar-refractivity contribution in [2.45, 2.75) is 65.3 Å². The van der Waals surface area contributed by atoms with Gasteiger partial charge in [-0.05, 0) is 25.7 Å². The molecule has 0 fully saturated rings. The fourth-order valence-corrected chi connectivity index (χ4v) is 1.75. The van der Waals surface area contributed by atoms with E-state index < -0.39 is 0 Å². The molecule has 0 saturated carbocycles. The monoisotopic (exact) mass is 171 g/mol. The first-order chi connectivity index (χ1) is 5.70. The Kier molecular flexibility index (Phi) is 7.58. The van der Waals surface area contributed by atoms with Gasteiger partial charge in [0.2, 0.25) is 0 Å². The summed E-state index contributed by atoms with van der Waals surface area (Å²) in [5.41, 5.74) is 5.73. The van der Waals surface area contributed by atoms with Crippen LogP contribution in [0.25, 0.3) is 0 Å². The standard InChI is InChI=1S/C11H25N/c1-4-6-11(7-5-2)9-8-10(3)12/h10-11H,4-9,12H2,1-3H3/t10-/m1/s1. The summed E-state index contributed by atoms with van der Waals surface area (Å²) in [6, 6.07) is 0.390. The van der Waals surface area contributed by atoms with E-state index in [0.29, 0.717) is 6.04 Å². The zero-order valence-corrected chi connectivity index (χ0v) is 8.97. The van der Waals surface area contributed by atoms with E-state index in [9.17, 15) is 0 Å². The first kappa shape index (κ1) is 12.0. The third-order valence-electron chi connectivity index (χ3n) is 2.42. The molecule has 74 valence electrons. The highest BCUT2D eigenvalue weighted by molar-refractivity contribution is 4.62. The molecule has 0 rings (SSSR count). The molecule has 0 aromatic heterocycles. The molecule has 0 aromatic carbocycles. The molecule has 0 unspecified atom stereocenters. The number of nitrogens with two attached hydrogens (primary N) is 1. The largest absolute Gasteiger partial charge is 0.328 e. The van der Waals surface area contributed by atoms with Crippen LogP contribution in [0.15, 0.2) is 0 Å². The molecular weight excluding hydrogens is 146 g/mol. The maximum Gasteiger partial charge on any atom is 0.00105 e. The molecule has 0 aliphatic heterocycles. The number of hydrogen-bond acceptors (Lipinski definition) is 1. The molecule has 0 saturated heterocycles. The Bertz CT molecular complexity index is 83.0. The zero-order chi connectivity index (χ0) is 9.40. The highest BCUT2D eigenvalue weighted by Crippen LogP contribution is 2.19. The summed E-state index contributed by atoms with van der Waals surface area (Å²) in [6.45, 7) is 6.65. The normalized spacial score (nSPS) is 13.8. The first-order valence-electron chi connectivity index (χ1n) is 5.46. The predicted molar refractivity (Wildman–Crippen MR) is 56.2 cm³/mol. The summed E-state index contributed by atoms with van der Waals surface area (Å²) in [6.07, 6.45) is 7.96. The van der Waals surface area contributed by atoms with E-state index in [1.807, 2.05) is 0 Å². The molecule has 12 heavy (non-hydrogen) atoms. The molecule has 0 radical (unpaired) electrons. The van der Waals surface area contributed by atoms with Crippen molar-refractivity contribution in [2.24, 2.45) is 11.7 Å². The van der Waals surface area contributed by atoms with Gasteiger partial charge in [-0.25, -0.2) is 0 Å². The van der Waals surface area contributed by atoms with E-state index in [1.54, 1.807) is 0 Å². The molecule has 0 heterocycles. The second-order valence-corrected chi connectivity index (χ2v) is 4.00.